The van der Waals surface area contributed by atoms with Crippen molar-refractivity contribution in [1.29, 1.82) is 0 Å². The monoisotopic (exact) mass is 269 g/mol. The van der Waals surface area contributed by atoms with E-state index in [1.165, 1.54) is 0 Å². The zero-order valence-electron chi connectivity index (χ0n) is 10.7. The third-order valence-electron chi connectivity index (χ3n) is 4.28. The third-order valence-corrected chi connectivity index (χ3v) is 4.53. The molecular weight excluding hydrogens is 250 g/mol. The zero-order valence-corrected chi connectivity index (χ0v) is 11.4. The molecule has 4 heteroatoms. The van der Waals surface area contributed by atoms with Gasteiger partial charge in [-0.1, -0.05) is 23.7 Å². The fourth-order valence-electron chi connectivity index (χ4n) is 2.73. The lowest BCUT2D eigenvalue weighted by molar-refractivity contribution is -0.123. The summed E-state index contributed by atoms with van der Waals surface area (Å²) in [5.41, 5.74) is 5.53. The molecular formula is C14H20ClNO2. The van der Waals surface area contributed by atoms with E-state index in [1.807, 2.05) is 19.1 Å². The van der Waals surface area contributed by atoms with E-state index in [0.29, 0.717) is 24.8 Å². The topological polar surface area (TPSA) is 55.5 Å². The van der Waals surface area contributed by atoms with Crippen LogP contribution in [0.1, 0.15) is 25.3 Å². The van der Waals surface area contributed by atoms with Crippen molar-refractivity contribution in [2.75, 3.05) is 19.8 Å². The summed E-state index contributed by atoms with van der Waals surface area (Å²) in [5, 5.41) is 11.6. The SMILES string of the molecule is CC(O)(c1ccc(Cl)cc1)C1(CN)CCOCC1. The van der Waals surface area contributed by atoms with Crippen LogP contribution in [0.25, 0.3) is 0 Å². The Labute approximate surface area is 113 Å². The van der Waals surface area contributed by atoms with Gasteiger partial charge in [-0.05, 0) is 37.5 Å². The van der Waals surface area contributed by atoms with Crippen molar-refractivity contribution < 1.29 is 9.84 Å². The first-order valence-electron chi connectivity index (χ1n) is 6.28. The highest BCUT2D eigenvalue weighted by atomic mass is 35.5. The summed E-state index contributed by atoms with van der Waals surface area (Å²) in [6.45, 7) is 3.60. The highest BCUT2D eigenvalue weighted by Gasteiger charge is 2.47. The number of hydrogen-bond acceptors (Lipinski definition) is 3. The smallest absolute Gasteiger partial charge is 0.0938 e. The summed E-state index contributed by atoms with van der Waals surface area (Å²) < 4.78 is 5.39. The van der Waals surface area contributed by atoms with Gasteiger partial charge in [0.05, 0.1) is 5.60 Å². The molecule has 3 nitrogen and oxygen atoms in total. The van der Waals surface area contributed by atoms with Crippen LogP contribution in [-0.4, -0.2) is 24.9 Å². The van der Waals surface area contributed by atoms with Crippen LogP contribution in [0.3, 0.4) is 0 Å². The van der Waals surface area contributed by atoms with Gasteiger partial charge in [0.1, 0.15) is 0 Å². The van der Waals surface area contributed by atoms with Crippen LogP contribution in [0.4, 0.5) is 0 Å². The molecule has 0 aromatic heterocycles. The van der Waals surface area contributed by atoms with E-state index in [0.717, 1.165) is 18.4 Å². The van der Waals surface area contributed by atoms with Crippen LogP contribution in [0.15, 0.2) is 24.3 Å². The predicted molar refractivity (Wildman–Crippen MR) is 72.6 cm³/mol. The molecule has 1 aliphatic heterocycles. The van der Waals surface area contributed by atoms with Gasteiger partial charge in [0.2, 0.25) is 0 Å². The number of nitrogens with two attached hydrogens (primary N) is 1. The van der Waals surface area contributed by atoms with E-state index in [2.05, 4.69) is 0 Å². The van der Waals surface area contributed by atoms with E-state index in [1.54, 1.807) is 12.1 Å². The van der Waals surface area contributed by atoms with Gasteiger partial charge in [-0.25, -0.2) is 0 Å². The molecule has 0 amide bonds. The Morgan fingerprint density at radius 2 is 1.89 bits per heavy atom. The van der Waals surface area contributed by atoms with Crippen molar-refractivity contribution in [2.45, 2.75) is 25.4 Å². The lowest BCUT2D eigenvalue weighted by atomic mass is 9.65. The molecule has 0 radical (unpaired) electrons. The number of aliphatic hydroxyl groups is 1. The molecule has 0 saturated carbocycles. The van der Waals surface area contributed by atoms with Crippen molar-refractivity contribution in [3.8, 4) is 0 Å². The maximum atomic E-state index is 11.0. The van der Waals surface area contributed by atoms with Crippen LogP contribution in [-0.2, 0) is 10.3 Å². The first kappa shape index (κ1) is 13.8. The van der Waals surface area contributed by atoms with Crippen molar-refractivity contribution in [3.05, 3.63) is 34.9 Å². The molecule has 1 atom stereocenters. The number of rotatable bonds is 3. The first-order valence-corrected chi connectivity index (χ1v) is 6.66. The molecule has 1 fully saturated rings. The minimum Gasteiger partial charge on any atom is -0.385 e. The summed E-state index contributed by atoms with van der Waals surface area (Å²) in [6, 6.07) is 7.34. The van der Waals surface area contributed by atoms with Crippen molar-refractivity contribution in [3.63, 3.8) is 0 Å². The highest BCUT2D eigenvalue weighted by molar-refractivity contribution is 6.30. The second-order valence-corrected chi connectivity index (χ2v) is 5.61. The van der Waals surface area contributed by atoms with Gasteiger partial charge in [0.15, 0.2) is 0 Å². The van der Waals surface area contributed by atoms with Crippen molar-refractivity contribution in [1.82, 2.24) is 0 Å². The lowest BCUT2D eigenvalue weighted by Crippen LogP contribution is -2.51. The predicted octanol–water partition coefficient (Wildman–Crippen LogP) is 2.30. The first-order chi connectivity index (χ1) is 8.52. The van der Waals surface area contributed by atoms with Gasteiger partial charge in [0, 0.05) is 30.2 Å². The van der Waals surface area contributed by atoms with Crippen LogP contribution < -0.4 is 5.73 Å². The Kier molecular flexibility index (Phi) is 3.97. The van der Waals surface area contributed by atoms with E-state index in [4.69, 9.17) is 22.1 Å². The molecule has 2 rings (SSSR count). The van der Waals surface area contributed by atoms with Gasteiger partial charge >= 0.3 is 0 Å². The molecule has 1 aromatic rings. The standard InChI is InChI=1S/C14H20ClNO2/c1-13(17,11-2-4-12(15)5-3-11)14(10-16)6-8-18-9-7-14/h2-5,17H,6-10,16H2,1H3. The lowest BCUT2D eigenvalue weighted by Gasteiger charge is -2.47. The number of halogens is 1. The Balaban J connectivity index is 2.35. The quantitative estimate of drug-likeness (QED) is 0.885. The van der Waals surface area contributed by atoms with Crippen molar-refractivity contribution in [2.24, 2.45) is 11.1 Å². The fourth-order valence-corrected chi connectivity index (χ4v) is 2.86. The van der Waals surface area contributed by atoms with Crippen LogP contribution >= 0.6 is 11.6 Å². The maximum Gasteiger partial charge on any atom is 0.0938 e. The van der Waals surface area contributed by atoms with E-state index in [9.17, 15) is 5.11 Å². The molecule has 1 saturated heterocycles. The van der Waals surface area contributed by atoms with Crippen molar-refractivity contribution >= 4 is 11.6 Å². The third kappa shape index (κ3) is 2.28. The summed E-state index contributed by atoms with van der Waals surface area (Å²) in [4.78, 5) is 0. The Morgan fingerprint density at radius 1 is 1.33 bits per heavy atom. The maximum absolute atomic E-state index is 11.0. The Hall–Kier alpha value is -0.610. The molecule has 0 aliphatic carbocycles. The van der Waals surface area contributed by atoms with Gasteiger partial charge in [-0.2, -0.15) is 0 Å². The van der Waals surface area contributed by atoms with Gasteiger partial charge in [0.25, 0.3) is 0 Å². The summed E-state index contributed by atoms with van der Waals surface area (Å²) >= 11 is 5.89. The molecule has 1 unspecified atom stereocenters. The fraction of sp³-hybridized carbons (Fsp3) is 0.571. The van der Waals surface area contributed by atoms with E-state index in [-0.39, 0.29) is 5.41 Å². The number of benzene rings is 1. The summed E-state index contributed by atoms with van der Waals surface area (Å²) in [6.07, 6.45) is 1.55. The summed E-state index contributed by atoms with van der Waals surface area (Å²) in [7, 11) is 0. The Bertz CT molecular complexity index is 397. The average molecular weight is 270 g/mol. The second kappa shape index (κ2) is 5.17. The molecule has 0 bridgehead atoms. The normalized spacial score (nSPS) is 22.4. The number of ether oxygens (including phenoxy) is 1. The van der Waals surface area contributed by atoms with Gasteiger partial charge in [-0.15, -0.1) is 0 Å². The zero-order chi connectivity index (χ0) is 13.2. The second-order valence-electron chi connectivity index (χ2n) is 5.18. The van der Waals surface area contributed by atoms with Crippen LogP contribution in [0.2, 0.25) is 5.02 Å². The number of hydrogen-bond donors (Lipinski definition) is 2. The van der Waals surface area contributed by atoms with Crippen LogP contribution in [0, 0.1) is 5.41 Å². The molecule has 1 aliphatic rings. The molecule has 3 N–H and O–H groups in total. The minimum absolute atomic E-state index is 0.320. The van der Waals surface area contributed by atoms with E-state index < -0.39 is 5.60 Å². The Morgan fingerprint density at radius 3 is 2.39 bits per heavy atom. The average Bonchev–Trinajstić information content (AvgIpc) is 2.40. The molecule has 100 valence electrons. The summed E-state index contributed by atoms with van der Waals surface area (Å²) in [5.74, 6) is 0. The minimum atomic E-state index is -0.962. The van der Waals surface area contributed by atoms with E-state index >= 15 is 0 Å². The molecule has 1 aromatic carbocycles. The van der Waals surface area contributed by atoms with Gasteiger partial charge in [-0.3, -0.25) is 0 Å². The molecule has 0 spiro atoms. The molecule has 18 heavy (non-hydrogen) atoms. The van der Waals surface area contributed by atoms with Gasteiger partial charge < -0.3 is 15.6 Å². The largest absolute Gasteiger partial charge is 0.385 e. The van der Waals surface area contributed by atoms with Crippen LogP contribution in [0.5, 0.6) is 0 Å². The highest BCUT2D eigenvalue weighted by Crippen LogP contribution is 2.46. The molecule has 1 heterocycles.